The predicted octanol–water partition coefficient (Wildman–Crippen LogP) is 3.76. The van der Waals surface area contributed by atoms with E-state index < -0.39 is 21.4 Å². The van der Waals surface area contributed by atoms with Crippen molar-refractivity contribution in [1.82, 2.24) is 4.31 Å². The fraction of sp³-hybridized carbons (Fsp3) is 0.350. The first-order chi connectivity index (χ1) is 12.7. The lowest BCUT2D eigenvalue weighted by atomic mass is 9.71. The number of rotatable bonds is 4. The minimum Gasteiger partial charge on any atom is -0.481 e. The molecule has 7 heteroatoms. The third-order valence-electron chi connectivity index (χ3n) is 5.43. The average Bonchev–Trinajstić information content (AvgIpc) is 2.64. The van der Waals surface area contributed by atoms with E-state index >= 15 is 0 Å². The Morgan fingerprint density at radius 1 is 1.07 bits per heavy atom. The van der Waals surface area contributed by atoms with Crippen LogP contribution in [0.5, 0.6) is 0 Å². The predicted molar refractivity (Wildman–Crippen MR) is 105 cm³/mol. The van der Waals surface area contributed by atoms with Crippen LogP contribution < -0.4 is 0 Å². The molecule has 0 radical (unpaired) electrons. The molecule has 1 saturated heterocycles. The number of aryl methyl sites for hydroxylation is 1. The van der Waals surface area contributed by atoms with E-state index in [1.165, 1.54) is 4.31 Å². The number of carboxylic acids is 1. The number of nitrogens with zero attached hydrogens (tertiary/aromatic N) is 1. The van der Waals surface area contributed by atoms with E-state index in [0.29, 0.717) is 10.6 Å². The van der Waals surface area contributed by atoms with E-state index in [2.05, 4.69) is 0 Å². The summed E-state index contributed by atoms with van der Waals surface area (Å²) in [5.41, 5.74) is 1.24. The molecule has 2 aromatic carbocycles. The lowest BCUT2D eigenvalue weighted by molar-refractivity contribution is -0.145. The zero-order chi connectivity index (χ0) is 19.8. The molecule has 1 N–H and O–H groups in total. The van der Waals surface area contributed by atoms with Gasteiger partial charge < -0.3 is 5.11 Å². The maximum absolute atomic E-state index is 12.9. The zero-order valence-corrected chi connectivity index (χ0v) is 16.8. The highest BCUT2D eigenvalue weighted by molar-refractivity contribution is 7.89. The van der Waals surface area contributed by atoms with E-state index in [9.17, 15) is 18.3 Å². The molecular weight excluding hydrogens is 386 g/mol. The summed E-state index contributed by atoms with van der Waals surface area (Å²) in [6.45, 7) is 3.99. The Bertz CT molecular complexity index is 962. The maximum atomic E-state index is 12.9. The van der Waals surface area contributed by atoms with Crippen molar-refractivity contribution in [3.8, 4) is 0 Å². The first-order valence-corrected chi connectivity index (χ1v) is 10.6. The second-order valence-corrected chi connectivity index (χ2v) is 9.36. The molecule has 2 aromatic rings. The van der Waals surface area contributed by atoms with Gasteiger partial charge in [0, 0.05) is 18.1 Å². The molecule has 5 nitrogen and oxygen atoms in total. The second-order valence-electron chi connectivity index (χ2n) is 7.02. The Balaban J connectivity index is 1.90. The number of carbonyl (C=O) groups is 1. The fourth-order valence-electron chi connectivity index (χ4n) is 3.69. The molecule has 27 heavy (non-hydrogen) atoms. The number of hydrogen-bond donors (Lipinski definition) is 1. The van der Waals surface area contributed by atoms with Gasteiger partial charge in [-0.15, -0.1) is 0 Å². The third-order valence-corrected chi connectivity index (χ3v) is 7.75. The van der Waals surface area contributed by atoms with Gasteiger partial charge >= 0.3 is 5.97 Å². The van der Waals surface area contributed by atoms with E-state index in [1.54, 1.807) is 49.4 Å². The van der Waals surface area contributed by atoms with Gasteiger partial charge in [-0.05, 0) is 56.0 Å². The minimum absolute atomic E-state index is 0.147. The minimum atomic E-state index is -3.64. The van der Waals surface area contributed by atoms with E-state index in [1.807, 2.05) is 6.92 Å². The van der Waals surface area contributed by atoms with Crippen LogP contribution in [0, 0.1) is 13.8 Å². The summed E-state index contributed by atoms with van der Waals surface area (Å²) in [6, 6.07) is 11.9. The summed E-state index contributed by atoms with van der Waals surface area (Å²) in [4.78, 5) is 12.4. The molecule has 1 aliphatic rings. The summed E-state index contributed by atoms with van der Waals surface area (Å²) in [5, 5.41) is 10.5. The fourth-order valence-corrected chi connectivity index (χ4v) is 5.31. The highest BCUT2D eigenvalue weighted by atomic mass is 35.5. The van der Waals surface area contributed by atoms with Crippen molar-refractivity contribution in [1.29, 1.82) is 0 Å². The van der Waals surface area contributed by atoms with Crippen LogP contribution in [0.1, 0.15) is 29.5 Å². The Hall–Kier alpha value is -1.89. The monoisotopic (exact) mass is 407 g/mol. The van der Waals surface area contributed by atoms with Gasteiger partial charge in [-0.3, -0.25) is 4.79 Å². The van der Waals surface area contributed by atoms with Crippen LogP contribution in [0.2, 0.25) is 5.02 Å². The summed E-state index contributed by atoms with van der Waals surface area (Å²) in [5.74, 6) is -0.944. The summed E-state index contributed by atoms with van der Waals surface area (Å²) in [6.07, 6.45) is 0.406. The van der Waals surface area contributed by atoms with Crippen LogP contribution in [-0.4, -0.2) is 36.9 Å². The van der Waals surface area contributed by atoms with Gasteiger partial charge in [0.05, 0.1) is 10.3 Å². The van der Waals surface area contributed by atoms with Gasteiger partial charge in [-0.25, -0.2) is 8.42 Å². The summed E-state index contributed by atoms with van der Waals surface area (Å²) in [7, 11) is -3.64. The standard InChI is InChI=1S/C20H22ClNO4S/c1-14-6-8-16(9-7-14)27(25,26)22-12-10-20(11-13-22,19(23)24)17-4-3-5-18(21)15(17)2/h3-9H,10-13H2,1-2H3,(H,23,24). The van der Waals surface area contributed by atoms with E-state index in [4.69, 9.17) is 11.6 Å². The SMILES string of the molecule is Cc1ccc(S(=O)(=O)N2CCC(C(=O)O)(c3cccc(Cl)c3C)CC2)cc1. The van der Waals surface area contributed by atoms with E-state index in [0.717, 1.165) is 11.1 Å². The number of sulfonamides is 1. The Morgan fingerprint density at radius 3 is 2.22 bits per heavy atom. The van der Waals surface area contributed by atoms with Crippen LogP contribution in [-0.2, 0) is 20.2 Å². The topological polar surface area (TPSA) is 74.7 Å². The van der Waals surface area contributed by atoms with Gasteiger partial charge in [-0.1, -0.05) is 41.4 Å². The Labute approximate surface area is 164 Å². The lowest BCUT2D eigenvalue weighted by Crippen LogP contribution is -2.49. The van der Waals surface area contributed by atoms with Gasteiger partial charge in [0.15, 0.2) is 0 Å². The molecule has 0 bridgehead atoms. The van der Waals surface area contributed by atoms with E-state index in [-0.39, 0.29) is 30.8 Å². The molecule has 0 aliphatic carbocycles. The number of benzene rings is 2. The van der Waals surface area contributed by atoms with Crippen molar-refractivity contribution >= 4 is 27.6 Å². The Morgan fingerprint density at radius 2 is 1.67 bits per heavy atom. The maximum Gasteiger partial charge on any atom is 0.314 e. The normalized spacial score (nSPS) is 17.6. The smallest absolute Gasteiger partial charge is 0.314 e. The van der Waals surface area contributed by atoms with Crippen molar-refractivity contribution in [3.63, 3.8) is 0 Å². The number of hydrogen-bond acceptors (Lipinski definition) is 3. The van der Waals surface area contributed by atoms with Crippen molar-refractivity contribution in [3.05, 3.63) is 64.2 Å². The van der Waals surface area contributed by atoms with Crippen molar-refractivity contribution in [2.75, 3.05) is 13.1 Å². The lowest BCUT2D eigenvalue weighted by Gasteiger charge is -2.39. The highest BCUT2D eigenvalue weighted by Gasteiger charge is 2.46. The molecule has 0 saturated carbocycles. The van der Waals surface area contributed by atoms with Crippen molar-refractivity contribution in [2.45, 2.75) is 37.0 Å². The molecule has 144 valence electrons. The first kappa shape index (κ1) is 19.9. The summed E-state index contributed by atoms with van der Waals surface area (Å²) < 4.78 is 27.2. The molecule has 0 spiro atoms. The van der Waals surface area contributed by atoms with Crippen molar-refractivity contribution < 1.29 is 18.3 Å². The molecule has 0 atom stereocenters. The summed E-state index contributed by atoms with van der Waals surface area (Å²) >= 11 is 6.19. The van der Waals surface area contributed by atoms with Gasteiger partial charge in [0.2, 0.25) is 10.0 Å². The van der Waals surface area contributed by atoms with Gasteiger partial charge in [0.1, 0.15) is 0 Å². The number of aliphatic carboxylic acids is 1. The van der Waals surface area contributed by atoms with Crippen molar-refractivity contribution in [2.24, 2.45) is 0 Å². The highest BCUT2D eigenvalue weighted by Crippen LogP contribution is 2.40. The molecule has 1 heterocycles. The largest absolute Gasteiger partial charge is 0.481 e. The Kier molecular flexibility index (Phi) is 5.34. The van der Waals surface area contributed by atoms with Crippen LogP contribution in [0.3, 0.4) is 0 Å². The molecule has 1 fully saturated rings. The van der Waals surface area contributed by atoms with Crippen LogP contribution in [0.15, 0.2) is 47.4 Å². The molecule has 0 unspecified atom stereocenters. The number of halogens is 1. The third kappa shape index (κ3) is 3.49. The zero-order valence-electron chi connectivity index (χ0n) is 15.3. The molecule has 0 aromatic heterocycles. The van der Waals surface area contributed by atoms with Gasteiger partial charge in [0.25, 0.3) is 0 Å². The number of piperidine rings is 1. The first-order valence-electron chi connectivity index (χ1n) is 8.74. The van der Waals surface area contributed by atoms with Crippen LogP contribution in [0.4, 0.5) is 0 Å². The molecule has 0 amide bonds. The van der Waals surface area contributed by atoms with Crippen LogP contribution in [0.25, 0.3) is 0 Å². The quantitative estimate of drug-likeness (QED) is 0.837. The van der Waals surface area contributed by atoms with Crippen LogP contribution >= 0.6 is 11.6 Å². The average molecular weight is 408 g/mol. The molecule has 3 rings (SSSR count). The molecular formula is C20H22ClNO4S. The number of carboxylic acid groups (broad SMARTS) is 1. The molecule has 1 aliphatic heterocycles. The second kappa shape index (κ2) is 7.26. The van der Waals surface area contributed by atoms with Gasteiger partial charge in [-0.2, -0.15) is 4.31 Å².